The third-order valence-corrected chi connectivity index (χ3v) is 4.07. The van der Waals surface area contributed by atoms with Gasteiger partial charge in [-0.2, -0.15) is 0 Å². The van der Waals surface area contributed by atoms with Crippen molar-refractivity contribution in [3.05, 3.63) is 30.5 Å². The van der Waals surface area contributed by atoms with Crippen molar-refractivity contribution in [2.45, 2.75) is 25.8 Å². The number of nitrogens with one attached hydrogen (secondary N) is 1. The zero-order valence-electron chi connectivity index (χ0n) is 13.9. The van der Waals surface area contributed by atoms with Gasteiger partial charge in [-0.05, 0) is 19.8 Å². The smallest absolute Gasteiger partial charge is 0.133 e. The van der Waals surface area contributed by atoms with Gasteiger partial charge >= 0.3 is 0 Å². The van der Waals surface area contributed by atoms with Crippen molar-refractivity contribution >= 4 is 17.5 Å². The molecule has 0 saturated carbocycles. The first-order valence-electron chi connectivity index (χ1n) is 7.91. The van der Waals surface area contributed by atoms with Gasteiger partial charge in [-0.15, -0.1) is 0 Å². The highest BCUT2D eigenvalue weighted by atomic mass is 15.2. The van der Waals surface area contributed by atoms with E-state index >= 15 is 0 Å². The number of rotatable bonds is 4. The summed E-state index contributed by atoms with van der Waals surface area (Å²) < 4.78 is 0. The first-order valence-corrected chi connectivity index (χ1v) is 7.91. The predicted molar refractivity (Wildman–Crippen MR) is 92.0 cm³/mol. The fraction of sp³-hybridized carbons (Fsp3) is 0.500. The number of hydrogen-bond acceptors (Lipinski definition) is 7. The second kappa shape index (κ2) is 6.76. The molecule has 0 radical (unpaired) electrons. The summed E-state index contributed by atoms with van der Waals surface area (Å²) in [6.07, 6.45) is 5.36. The number of hydrogen-bond donors (Lipinski definition) is 1. The van der Waals surface area contributed by atoms with E-state index in [1.807, 2.05) is 38.1 Å². The van der Waals surface area contributed by atoms with Gasteiger partial charge in [0.15, 0.2) is 0 Å². The van der Waals surface area contributed by atoms with Crippen LogP contribution >= 0.6 is 0 Å². The fourth-order valence-corrected chi connectivity index (χ4v) is 2.75. The average molecular weight is 313 g/mol. The number of nitrogens with zero attached hydrogens (tertiary/aromatic N) is 6. The summed E-state index contributed by atoms with van der Waals surface area (Å²) in [5.74, 6) is 2.82. The predicted octanol–water partition coefficient (Wildman–Crippen LogP) is 1.72. The van der Waals surface area contributed by atoms with Crippen LogP contribution in [0.1, 0.15) is 18.5 Å². The summed E-state index contributed by atoms with van der Waals surface area (Å²) >= 11 is 0. The second-order valence-corrected chi connectivity index (χ2v) is 6.08. The van der Waals surface area contributed by atoms with E-state index in [2.05, 4.69) is 30.2 Å². The van der Waals surface area contributed by atoms with E-state index in [4.69, 9.17) is 0 Å². The third kappa shape index (κ3) is 3.85. The summed E-state index contributed by atoms with van der Waals surface area (Å²) in [6.45, 7) is 3.97. The van der Waals surface area contributed by atoms with E-state index in [1.165, 1.54) is 0 Å². The molecule has 3 heterocycles. The molecule has 2 aromatic rings. The first-order chi connectivity index (χ1) is 11.1. The lowest BCUT2D eigenvalue weighted by molar-refractivity contribution is 0.522. The summed E-state index contributed by atoms with van der Waals surface area (Å²) in [4.78, 5) is 21.4. The number of aromatic nitrogens is 4. The van der Waals surface area contributed by atoms with Gasteiger partial charge in [-0.3, -0.25) is 0 Å². The maximum atomic E-state index is 4.37. The molecule has 1 aliphatic rings. The van der Waals surface area contributed by atoms with Gasteiger partial charge in [0.25, 0.3) is 0 Å². The molecule has 2 aromatic heterocycles. The highest BCUT2D eigenvalue weighted by molar-refractivity contribution is 5.48. The Bertz CT molecular complexity index is 650. The molecule has 7 heteroatoms. The van der Waals surface area contributed by atoms with E-state index in [1.54, 1.807) is 12.7 Å². The molecule has 0 bridgehead atoms. The highest BCUT2D eigenvalue weighted by Crippen LogP contribution is 2.21. The lowest BCUT2D eigenvalue weighted by atomic mass is 10.1. The molecular weight excluding hydrogens is 290 g/mol. The lowest BCUT2D eigenvalue weighted by Crippen LogP contribution is -2.39. The summed E-state index contributed by atoms with van der Waals surface area (Å²) in [5, 5.41) is 3.52. The standard InChI is InChI=1S/C16H23N7/c1-12-8-16(20-10-17-12)23-6-4-13(5-7-23)21-14-9-15(22(2)3)19-11-18-14/h8-11,13H,4-7H2,1-3H3,(H,18,19,21). The van der Waals surface area contributed by atoms with Crippen LogP contribution in [-0.2, 0) is 0 Å². The molecule has 0 unspecified atom stereocenters. The molecule has 23 heavy (non-hydrogen) atoms. The first kappa shape index (κ1) is 15.5. The lowest BCUT2D eigenvalue weighted by Gasteiger charge is -2.33. The zero-order chi connectivity index (χ0) is 16.2. The van der Waals surface area contributed by atoms with Crippen LogP contribution in [-0.4, -0.2) is 53.2 Å². The number of piperidine rings is 1. The molecule has 1 aliphatic heterocycles. The van der Waals surface area contributed by atoms with E-state index in [9.17, 15) is 0 Å². The Labute approximate surface area is 136 Å². The van der Waals surface area contributed by atoms with Crippen molar-refractivity contribution in [1.29, 1.82) is 0 Å². The normalized spacial score (nSPS) is 15.5. The summed E-state index contributed by atoms with van der Waals surface area (Å²) in [6, 6.07) is 4.46. The van der Waals surface area contributed by atoms with Gasteiger partial charge in [-0.25, -0.2) is 19.9 Å². The Hall–Kier alpha value is -2.44. The Morgan fingerprint density at radius 3 is 2.48 bits per heavy atom. The zero-order valence-corrected chi connectivity index (χ0v) is 13.9. The Kier molecular flexibility index (Phi) is 4.55. The van der Waals surface area contributed by atoms with Crippen molar-refractivity contribution in [1.82, 2.24) is 19.9 Å². The van der Waals surface area contributed by atoms with Gasteiger partial charge < -0.3 is 15.1 Å². The average Bonchev–Trinajstić information content (AvgIpc) is 2.56. The van der Waals surface area contributed by atoms with Crippen LogP contribution in [0.4, 0.5) is 17.5 Å². The molecular formula is C16H23N7. The van der Waals surface area contributed by atoms with Crippen LogP contribution < -0.4 is 15.1 Å². The van der Waals surface area contributed by atoms with Crippen LogP contribution in [0.5, 0.6) is 0 Å². The largest absolute Gasteiger partial charge is 0.367 e. The van der Waals surface area contributed by atoms with Gasteiger partial charge in [0.1, 0.15) is 30.1 Å². The van der Waals surface area contributed by atoms with E-state index in [0.717, 1.165) is 49.1 Å². The number of anilines is 3. The molecule has 1 N–H and O–H groups in total. The van der Waals surface area contributed by atoms with Crippen molar-refractivity contribution in [2.75, 3.05) is 42.3 Å². The van der Waals surface area contributed by atoms with Gasteiger partial charge in [-0.1, -0.05) is 0 Å². The monoisotopic (exact) mass is 313 g/mol. The molecule has 0 aliphatic carbocycles. The van der Waals surface area contributed by atoms with Crippen LogP contribution in [0.15, 0.2) is 24.8 Å². The topological polar surface area (TPSA) is 70.1 Å². The number of aryl methyl sites for hydroxylation is 1. The minimum Gasteiger partial charge on any atom is -0.367 e. The van der Waals surface area contributed by atoms with E-state index in [0.29, 0.717) is 6.04 Å². The van der Waals surface area contributed by atoms with Crippen molar-refractivity contribution in [3.63, 3.8) is 0 Å². The second-order valence-electron chi connectivity index (χ2n) is 6.08. The SMILES string of the molecule is Cc1cc(N2CCC(Nc3cc(N(C)C)ncn3)CC2)ncn1. The molecule has 7 nitrogen and oxygen atoms in total. The minimum atomic E-state index is 0.430. The fourth-order valence-electron chi connectivity index (χ4n) is 2.75. The van der Waals surface area contributed by atoms with Crippen LogP contribution in [0.2, 0.25) is 0 Å². The van der Waals surface area contributed by atoms with Crippen LogP contribution in [0.3, 0.4) is 0 Å². The van der Waals surface area contributed by atoms with E-state index in [-0.39, 0.29) is 0 Å². The molecule has 0 spiro atoms. The van der Waals surface area contributed by atoms with Crippen LogP contribution in [0.25, 0.3) is 0 Å². The molecule has 0 atom stereocenters. The summed E-state index contributed by atoms with van der Waals surface area (Å²) in [5.41, 5.74) is 1.01. The Morgan fingerprint density at radius 1 is 1.04 bits per heavy atom. The molecule has 0 amide bonds. The Morgan fingerprint density at radius 2 is 1.78 bits per heavy atom. The molecule has 0 aromatic carbocycles. The van der Waals surface area contributed by atoms with Crippen molar-refractivity contribution in [2.24, 2.45) is 0 Å². The van der Waals surface area contributed by atoms with Crippen molar-refractivity contribution < 1.29 is 0 Å². The highest BCUT2D eigenvalue weighted by Gasteiger charge is 2.20. The van der Waals surface area contributed by atoms with E-state index < -0.39 is 0 Å². The molecule has 1 saturated heterocycles. The van der Waals surface area contributed by atoms with Gasteiger partial charge in [0.05, 0.1) is 0 Å². The quantitative estimate of drug-likeness (QED) is 0.921. The minimum absolute atomic E-state index is 0.430. The molecule has 1 fully saturated rings. The summed E-state index contributed by atoms with van der Waals surface area (Å²) in [7, 11) is 3.96. The third-order valence-electron chi connectivity index (χ3n) is 4.07. The Balaban J connectivity index is 1.58. The molecule has 3 rings (SSSR count). The maximum Gasteiger partial charge on any atom is 0.133 e. The van der Waals surface area contributed by atoms with Crippen LogP contribution in [0, 0.1) is 6.92 Å². The van der Waals surface area contributed by atoms with Gasteiger partial charge in [0.2, 0.25) is 0 Å². The van der Waals surface area contributed by atoms with Gasteiger partial charge in [0, 0.05) is 51.1 Å². The maximum absolute atomic E-state index is 4.37. The van der Waals surface area contributed by atoms with Crippen molar-refractivity contribution in [3.8, 4) is 0 Å². The molecule has 122 valence electrons.